The molecule has 1 saturated carbocycles. The number of nitrogens with zero attached hydrogens (tertiary/aromatic N) is 3. The second-order valence-corrected chi connectivity index (χ2v) is 7.41. The van der Waals surface area contributed by atoms with Gasteiger partial charge in [-0.25, -0.2) is 0 Å². The molecule has 2 aromatic carbocycles. The van der Waals surface area contributed by atoms with Crippen molar-refractivity contribution in [2.45, 2.75) is 23.9 Å². The van der Waals surface area contributed by atoms with Crippen molar-refractivity contribution >= 4 is 44.4 Å². The number of halogens is 1. The molecule has 0 saturated heterocycles. The van der Waals surface area contributed by atoms with Gasteiger partial charge < -0.3 is 5.11 Å². The highest BCUT2D eigenvalue weighted by Crippen LogP contribution is 2.44. The van der Waals surface area contributed by atoms with E-state index in [4.69, 9.17) is 5.11 Å². The SMILES string of the molecule is C#C.O=C(O)CSc1nnc(Br)n1-c1ccc(C2CC2)c2ccccc12. The van der Waals surface area contributed by atoms with Gasteiger partial charge in [0.25, 0.3) is 0 Å². The third-order valence-electron chi connectivity index (χ3n) is 4.11. The number of carboxylic acids is 1. The summed E-state index contributed by atoms with van der Waals surface area (Å²) in [5.41, 5.74) is 2.35. The van der Waals surface area contributed by atoms with Crippen LogP contribution in [-0.2, 0) is 4.79 Å². The fraction of sp³-hybridized carbons (Fsp3) is 0.211. The molecule has 1 aliphatic carbocycles. The molecule has 0 bridgehead atoms. The van der Waals surface area contributed by atoms with E-state index in [1.54, 1.807) is 0 Å². The molecule has 1 fully saturated rings. The number of carbonyl (C=O) groups is 1. The van der Waals surface area contributed by atoms with E-state index >= 15 is 0 Å². The quantitative estimate of drug-likeness (QED) is 0.477. The Morgan fingerprint density at radius 2 is 1.88 bits per heavy atom. The minimum Gasteiger partial charge on any atom is -0.481 e. The van der Waals surface area contributed by atoms with E-state index < -0.39 is 5.97 Å². The number of carboxylic acid groups (broad SMARTS) is 1. The summed E-state index contributed by atoms with van der Waals surface area (Å²) in [4.78, 5) is 10.9. The highest BCUT2D eigenvalue weighted by atomic mass is 79.9. The number of terminal acetylenes is 1. The summed E-state index contributed by atoms with van der Waals surface area (Å²) in [6.07, 6.45) is 10.5. The van der Waals surface area contributed by atoms with Crippen molar-refractivity contribution in [1.29, 1.82) is 0 Å². The second kappa shape index (κ2) is 7.94. The van der Waals surface area contributed by atoms with Crippen LogP contribution < -0.4 is 0 Å². The fourth-order valence-corrected chi connectivity index (χ4v) is 4.15. The van der Waals surface area contributed by atoms with Crippen molar-refractivity contribution in [3.8, 4) is 18.5 Å². The van der Waals surface area contributed by atoms with Gasteiger partial charge in [0.15, 0.2) is 5.16 Å². The number of fused-ring (bicyclic) bond motifs is 1. The molecular weight excluding hydrogens is 414 g/mol. The Labute approximate surface area is 163 Å². The Bertz CT molecular complexity index is 979. The van der Waals surface area contributed by atoms with Crippen molar-refractivity contribution in [3.05, 3.63) is 46.7 Å². The molecule has 26 heavy (non-hydrogen) atoms. The Hall–Kier alpha value is -2.30. The molecule has 1 aliphatic rings. The standard InChI is InChI=1S/C17H14BrN3O2S.C2H2/c18-16-19-20-17(24-9-15(22)23)21(16)14-8-7-11(10-5-6-10)12-3-1-2-4-13(12)14;1-2/h1-4,7-8,10H,5-6,9H2,(H,22,23);1-2H. The maximum atomic E-state index is 10.9. The van der Waals surface area contributed by atoms with Crippen LogP contribution in [0, 0.1) is 12.8 Å². The van der Waals surface area contributed by atoms with Crippen molar-refractivity contribution in [3.63, 3.8) is 0 Å². The van der Waals surface area contributed by atoms with Gasteiger partial charge in [-0.15, -0.1) is 23.0 Å². The van der Waals surface area contributed by atoms with Crippen molar-refractivity contribution in [1.82, 2.24) is 14.8 Å². The van der Waals surface area contributed by atoms with Crippen LogP contribution in [-0.4, -0.2) is 31.6 Å². The molecule has 7 heteroatoms. The fourth-order valence-electron chi connectivity index (χ4n) is 2.93. The van der Waals surface area contributed by atoms with Crippen LogP contribution in [0.25, 0.3) is 16.5 Å². The second-order valence-electron chi connectivity index (χ2n) is 5.76. The van der Waals surface area contributed by atoms with Gasteiger partial charge >= 0.3 is 5.97 Å². The number of thioether (sulfide) groups is 1. The van der Waals surface area contributed by atoms with Gasteiger partial charge in [0.05, 0.1) is 11.4 Å². The topological polar surface area (TPSA) is 68.0 Å². The lowest BCUT2D eigenvalue weighted by Gasteiger charge is -2.13. The highest BCUT2D eigenvalue weighted by molar-refractivity contribution is 9.10. The van der Waals surface area contributed by atoms with E-state index in [0.29, 0.717) is 15.8 Å². The lowest BCUT2D eigenvalue weighted by atomic mass is 9.99. The first-order valence-electron chi connectivity index (χ1n) is 7.96. The predicted molar refractivity (Wildman–Crippen MR) is 107 cm³/mol. The Morgan fingerprint density at radius 3 is 2.54 bits per heavy atom. The zero-order chi connectivity index (χ0) is 18.7. The monoisotopic (exact) mass is 429 g/mol. The minimum atomic E-state index is -0.875. The molecule has 3 aromatic rings. The average molecular weight is 430 g/mol. The summed E-state index contributed by atoms with van der Waals surface area (Å²) >= 11 is 4.60. The molecule has 132 valence electrons. The number of aliphatic carboxylic acids is 1. The highest BCUT2D eigenvalue weighted by Gasteiger charge is 2.26. The van der Waals surface area contributed by atoms with Crippen LogP contribution in [0.2, 0.25) is 0 Å². The Balaban J connectivity index is 0.000000948. The van der Waals surface area contributed by atoms with Crippen molar-refractivity contribution in [2.75, 3.05) is 5.75 Å². The lowest BCUT2D eigenvalue weighted by Crippen LogP contribution is -2.03. The van der Waals surface area contributed by atoms with Crippen LogP contribution in [0.4, 0.5) is 0 Å². The summed E-state index contributed by atoms with van der Waals surface area (Å²) in [6.45, 7) is 0. The summed E-state index contributed by atoms with van der Waals surface area (Å²) in [7, 11) is 0. The molecule has 1 heterocycles. The largest absolute Gasteiger partial charge is 0.481 e. The molecule has 0 aliphatic heterocycles. The van der Waals surface area contributed by atoms with E-state index in [1.165, 1.54) is 23.8 Å². The molecule has 0 atom stereocenters. The third kappa shape index (κ3) is 3.62. The molecule has 1 aromatic heterocycles. The van der Waals surface area contributed by atoms with E-state index in [-0.39, 0.29) is 5.75 Å². The number of hydrogen-bond acceptors (Lipinski definition) is 4. The normalized spacial score (nSPS) is 13.2. The van der Waals surface area contributed by atoms with Gasteiger partial charge in [0, 0.05) is 5.39 Å². The zero-order valence-corrected chi connectivity index (χ0v) is 16.2. The molecular formula is C19H16BrN3O2S. The molecule has 4 rings (SSSR count). The first-order valence-corrected chi connectivity index (χ1v) is 9.74. The first-order chi connectivity index (χ1) is 12.6. The van der Waals surface area contributed by atoms with Crippen LogP contribution in [0.1, 0.15) is 24.3 Å². The van der Waals surface area contributed by atoms with Crippen LogP contribution in [0.5, 0.6) is 0 Å². The smallest absolute Gasteiger partial charge is 0.313 e. The van der Waals surface area contributed by atoms with Gasteiger partial charge in [-0.05, 0) is 51.7 Å². The van der Waals surface area contributed by atoms with E-state index in [2.05, 4.69) is 69.3 Å². The van der Waals surface area contributed by atoms with E-state index in [1.807, 2.05) is 10.6 Å². The maximum Gasteiger partial charge on any atom is 0.313 e. The molecule has 1 N–H and O–H groups in total. The van der Waals surface area contributed by atoms with Crippen LogP contribution in [0.15, 0.2) is 46.3 Å². The van der Waals surface area contributed by atoms with Gasteiger partial charge in [-0.2, -0.15) is 0 Å². The molecule has 0 amide bonds. The van der Waals surface area contributed by atoms with Gasteiger partial charge in [0.2, 0.25) is 4.73 Å². The minimum absolute atomic E-state index is 0.0524. The maximum absolute atomic E-state index is 10.9. The summed E-state index contributed by atoms with van der Waals surface area (Å²) in [5.74, 6) is -0.266. The van der Waals surface area contributed by atoms with Crippen molar-refractivity contribution < 1.29 is 9.90 Å². The number of hydrogen-bond donors (Lipinski definition) is 1. The Morgan fingerprint density at radius 1 is 1.19 bits per heavy atom. The lowest BCUT2D eigenvalue weighted by molar-refractivity contribution is -0.133. The third-order valence-corrected chi connectivity index (χ3v) is 5.54. The molecule has 0 radical (unpaired) electrons. The van der Waals surface area contributed by atoms with Gasteiger partial charge in [-0.3, -0.25) is 9.36 Å². The number of aromatic nitrogens is 3. The molecule has 5 nitrogen and oxygen atoms in total. The van der Waals surface area contributed by atoms with E-state index in [9.17, 15) is 4.79 Å². The van der Waals surface area contributed by atoms with Crippen molar-refractivity contribution in [2.24, 2.45) is 0 Å². The zero-order valence-electron chi connectivity index (χ0n) is 13.8. The van der Waals surface area contributed by atoms with Gasteiger partial charge in [0.1, 0.15) is 0 Å². The molecule has 0 unspecified atom stereocenters. The van der Waals surface area contributed by atoms with Crippen LogP contribution >= 0.6 is 27.7 Å². The number of rotatable bonds is 5. The predicted octanol–water partition coefficient (Wildman–Crippen LogP) is 4.49. The van der Waals surface area contributed by atoms with Crippen LogP contribution in [0.3, 0.4) is 0 Å². The first kappa shape index (κ1) is 18.5. The molecule has 0 spiro atoms. The summed E-state index contributed by atoms with van der Waals surface area (Å²) in [6, 6.07) is 12.6. The van der Waals surface area contributed by atoms with E-state index in [0.717, 1.165) is 22.8 Å². The Kier molecular flexibility index (Phi) is 5.64. The van der Waals surface area contributed by atoms with Gasteiger partial charge in [-0.1, -0.05) is 42.1 Å². The summed E-state index contributed by atoms with van der Waals surface area (Å²) < 4.78 is 2.44. The summed E-state index contributed by atoms with van der Waals surface area (Å²) in [5, 5.41) is 20.0. The number of benzene rings is 2. The average Bonchev–Trinajstić information content (AvgIpc) is 3.44.